The van der Waals surface area contributed by atoms with Gasteiger partial charge in [0.1, 0.15) is 11.2 Å². The summed E-state index contributed by atoms with van der Waals surface area (Å²) >= 11 is 1.88. The summed E-state index contributed by atoms with van der Waals surface area (Å²) in [7, 11) is 0. The highest BCUT2D eigenvalue weighted by Crippen LogP contribution is 2.53. The van der Waals surface area contributed by atoms with Crippen LogP contribution in [-0.2, 0) is 5.41 Å². The zero-order valence-corrected chi connectivity index (χ0v) is 35.1. The van der Waals surface area contributed by atoms with Crippen molar-refractivity contribution in [1.82, 2.24) is 0 Å². The van der Waals surface area contributed by atoms with Crippen LogP contribution < -0.4 is 4.90 Å². The van der Waals surface area contributed by atoms with Crippen LogP contribution in [-0.4, -0.2) is 0 Å². The summed E-state index contributed by atoms with van der Waals surface area (Å²) in [4.78, 5) is 2.48. The Bertz CT molecular complexity index is 3780. The Labute approximate surface area is 363 Å². The molecule has 3 heteroatoms. The summed E-state index contributed by atoms with van der Waals surface area (Å²) in [5.74, 6) is 0. The molecule has 0 fully saturated rings. The van der Waals surface area contributed by atoms with E-state index in [2.05, 4.69) is 219 Å². The number of anilines is 3. The molecule has 0 amide bonds. The maximum absolute atomic E-state index is 7.01. The lowest BCUT2D eigenvalue weighted by Gasteiger charge is -2.30. The predicted molar refractivity (Wildman–Crippen MR) is 265 cm³/mol. The molecule has 13 rings (SSSR count). The number of furan rings is 1. The predicted octanol–water partition coefficient (Wildman–Crippen LogP) is 17.4. The van der Waals surface area contributed by atoms with Crippen LogP contribution in [0.3, 0.4) is 0 Å². The van der Waals surface area contributed by atoms with Crippen molar-refractivity contribution < 1.29 is 4.42 Å². The van der Waals surface area contributed by atoms with Gasteiger partial charge in [0.25, 0.3) is 0 Å². The highest BCUT2D eigenvalue weighted by atomic mass is 32.1. The van der Waals surface area contributed by atoms with Crippen LogP contribution in [0.25, 0.3) is 97.0 Å². The van der Waals surface area contributed by atoms with Crippen LogP contribution in [0.5, 0.6) is 0 Å². The largest absolute Gasteiger partial charge is 0.455 e. The van der Waals surface area contributed by atoms with Crippen molar-refractivity contribution in [2.45, 2.75) is 19.3 Å². The zero-order valence-electron chi connectivity index (χ0n) is 34.3. The maximum Gasteiger partial charge on any atom is 0.143 e. The Morgan fingerprint density at radius 3 is 1.89 bits per heavy atom. The molecule has 0 bridgehead atoms. The van der Waals surface area contributed by atoms with Crippen LogP contribution in [0.2, 0.25) is 0 Å². The van der Waals surface area contributed by atoms with Crippen LogP contribution in [0, 0.1) is 0 Å². The molecule has 0 aliphatic heterocycles. The minimum atomic E-state index is -0.159. The molecular weight excluding hydrogens is 771 g/mol. The average Bonchev–Trinajstić information content (AvgIpc) is 3.98. The van der Waals surface area contributed by atoms with Crippen molar-refractivity contribution in [1.29, 1.82) is 0 Å². The monoisotopic (exact) mass is 809 g/mol. The third kappa shape index (κ3) is 5.03. The summed E-state index contributed by atoms with van der Waals surface area (Å²) in [6.45, 7) is 4.73. The SMILES string of the molecule is CC1(C)c2ccccc2-c2ccc(N(c3ccc(-c4cccc5c4sc4ccccc45)cc3)c3ccc4oc5c6ccccc6c6ccccc6c5c4c3-c3ccccc3)cc21. The summed E-state index contributed by atoms with van der Waals surface area (Å²) in [5.41, 5.74) is 15.0. The van der Waals surface area contributed by atoms with Gasteiger partial charge in [-0.15, -0.1) is 11.3 Å². The number of hydrogen-bond donors (Lipinski definition) is 0. The normalized spacial score (nSPS) is 13.1. The third-order valence-electron chi connectivity index (χ3n) is 13.5. The second kappa shape index (κ2) is 13.3. The summed E-state index contributed by atoms with van der Waals surface area (Å²) in [6, 6.07) is 73.5. The van der Waals surface area contributed by atoms with Crippen molar-refractivity contribution in [3.05, 3.63) is 211 Å². The number of thiophene rings is 1. The fourth-order valence-electron chi connectivity index (χ4n) is 10.6. The van der Waals surface area contributed by atoms with Gasteiger partial charge in [0.2, 0.25) is 0 Å². The molecule has 0 saturated heterocycles. The van der Waals surface area contributed by atoms with E-state index in [1.54, 1.807) is 0 Å². The van der Waals surface area contributed by atoms with E-state index in [1.807, 2.05) is 11.3 Å². The van der Waals surface area contributed by atoms with Crippen molar-refractivity contribution in [2.75, 3.05) is 4.90 Å². The summed E-state index contributed by atoms with van der Waals surface area (Å²) in [6.07, 6.45) is 0. The fraction of sp³-hybridized carbons (Fsp3) is 0.0508. The lowest BCUT2D eigenvalue weighted by molar-refractivity contribution is 0.660. The van der Waals surface area contributed by atoms with E-state index in [1.165, 1.54) is 69.7 Å². The van der Waals surface area contributed by atoms with E-state index >= 15 is 0 Å². The number of hydrogen-bond acceptors (Lipinski definition) is 3. The molecule has 0 spiro atoms. The van der Waals surface area contributed by atoms with Gasteiger partial charge in [-0.2, -0.15) is 0 Å². The van der Waals surface area contributed by atoms with Gasteiger partial charge in [0.15, 0.2) is 0 Å². The first-order chi connectivity index (χ1) is 30.5. The van der Waals surface area contributed by atoms with Gasteiger partial charge >= 0.3 is 0 Å². The van der Waals surface area contributed by atoms with Gasteiger partial charge in [-0.25, -0.2) is 0 Å². The highest BCUT2D eigenvalue weighted by Gasteiger charge is 2.36. The first-order valence-electron chi connectivity index (χ1n) is 21.4. The van der Waals surface area contributed by atoms with E-state index in [0.29, 0.717) is 0 Å². The average molecular weight is 810 g/mol. The number of benzene rings is 10. The van der Waals surface area contributed by atoms with Gasteiger partial charge in [0.05, 0.1) is 5.69 Å². The summed E-state index contributed by atoms with van der Waals surface area (Å²) < 4.78 is 9.65. The van der Waals surface area contributed by atoms with Crippen molar-refractivity contribution >= 4 is 92.1 Å². The highest BCUT2D eigenvalue weighted by molar-refractivity contribution is 7.26. The lowest BCUT2D eigenvalue weighted by Crippen LogP contribution is -2.17. The molecule has 2 nitrogen and oxygen atoms in total. The second-order valence-electron chi connectivity index (χ2n) is 17.2. The molecule has 1 aliphatic carbocycles. The molecule has 1 aliphatic rings. The van der Waals surface area contributed by atoms with Gasteiger partial charge in [-0.3, -0.25) is 0 Å². The third-order valence-corrected chi connectivity index (χ3v) is 14.7. The first kappa shape index (κ1) is 35.3. The van der Waals surface area contributed by atoms with Gasteiger partial charge in [-0.1, -0.05) is 172 Å². The smallest absolute Gasteiger partial charge is 0.143 e. The molecule has 62 heavy (non-hydrogen) atoms. The first-order valence-corrected chi connectivity index (χ1v) is 22.2. The Hall–Kier alpha value is -7.46. The Balaban J connectivity index is 1.10. The summed E-state index contributed by atoms with van der Waals surface area (Å²) in [5, 5.41) is 9.64. The Morgan fingerprint density at radius 1 is 0.435 bits per heavy atom. The maximum atomic E-state index is 7.01. The van der Waals surface area contributed by atoms with Crippen LogP contribution in [0.1, 0.15) is 25.0 Å². The number of rotatable bonds is 5. The van der Waals surface area contributed by atoms with Gasteiger partial charge in [0, 0.05) is 58.7 Å². The molecule has 2 heterocycles. The van der Waals surface area contributed by atoms with E-state index in [4.69, 9.17) is 4.42 Å². The molecule has 0 N–H and O–H groups in total. The second-order valence-corrected chi connectivity index (χ2v) is 18.2. The molecule has 0 saturated carbocycles. The van der Waals surface area contributed by atoms with Crippen LogP contribution >= 0.6 is 11.3 Å². The molecule has 292 valence electrons. The quantitative estimate of drug-likeness (QED) is 0.161. The minimum absolute atomic E-state index is 0.159. The van der Waals surface area contributed by atoms with Crippen molar-refractivity contribution in [3.63, 3.8) is 0 Å². The topological polar surface area (TPSA) is 16.4 Å². The minimum Gasteiger partial charge on any atom is -0.455 e. The van der Waals surface area contributed by atoms with Crippen LogP contribution in [0.15, 0.2) is 205 Å². The molecular formula is C59H39NOS. The molecule has 0 radical (unpaired) electrons. The zero-order chi connectivity index (χ0) is 41.1. The van der Waals surface area contributed by atoms with Crippen LogP contribution in [0.4, 0.5) is 17.1 Å². The van der Waals surface area contributed by atoms with Gasteiger partial charge < -0.3 is 9.32 Å². The lowest BCUT2D eigenvalue weighted by atomic mass is 9.82. The van der Waals surface area contributed by atoms with E-state index < -0.39 is 0 Å². The van der Waals surface area contributed by atoms with E-state index in [9.17, 15) is 0 Å². The van der Waals surface area contributed by atoms with E-state index in [-0.39, 0.29) is 5.41 Å². The Kier molecular flexibility index (Phi) is 7.56. The molecule has 12 aromatic rings. The molecule has 0 atom stereocenters. The van der Waals surface area contributed by atoms with Gasteiger partial charge in [-0.05, 0) is 97.6 Å². The van der Waals surface area contributed by atoms with E-state index in [0.717, 1.165) is 55.5 Å². The van der Waals surface area contributed by atoms with Crippen molar-refractivity contribution in [2.24, 2.45) is 0 Å². The number of fused-ring (bicyclic) bond motifs is 14. The molecule has 2 aromatic heterocycles. The molecule has 10 aromatic carbocycles. The van der Waals surface area contributed by atoms with Crippen molar-refractivity contribution in [3.8, 4) is 33.4 Å². The molecule has 0 unspecified atom stereocenters. The number of nitrogens with zero attached hydrogens (tertiary/aromatic N) is 1. The fourth-order valence-corrected chi connectivity index (χ4v) is 11.8. The standard InChI is InChI=1S/C59H39NOS/c1-59(2)49-25-12-10-19-43(49)44-32-31-39(35-50(44)59)60(38-29-27-36(28-30-38)40-23-14-24-48-45-20-11-13-26-53(45)62-58(40)48)51-33-34-52-56(54(51)37-15-4-3-5-16-37)55-46-21-8-6-17-41(46)42-18-7-9-22-47(42)57(55)61-52/h3-35H,1-2H3. The Morgan fingerprint density at radius 2 is 1.06 bits per heavy atom.